The average Bonchev–Trinajstić information content (AvgIpc) is 2.39. The van der Waals surface area contributed by atoms with E-state index in [4.69, 9.17) is 9.84 Å². The molecular weight excluding hydrogens is 212 g/mol. The number of hydrogen-bond acceptors (Lipinski definition) is 2. The highest BCUT2D eigenvalue weighted by Gasteiger charge is 2.14. The van der Waals surface area contributed by atoms with Crippen LogP contribution in [0.2, 0.25) is 0 Å². The highest BCUT2D eigenvalue weighted by Crippen LogP contribution is 2.23. The zero-order valence-corrected chi connectivity index (χ0v) is 9.98. The molecule has 0 bridgehead atoms. The van der Waals surface area contributed by atoms with E-state index in [0.29, 0.717) is 6.10 Å². The number of rotatable bonds is 2. The van der Waals surface area contributed by atoms with Crippen molar-refractivity contribution in [2.75, 3.05) is 6.61 Å². The summed E-state index contributed by atoms with van der Waals surface area (Å²) in [6.07, 6.45) is 6.64. The first-order valence-electron chi connectivity index (χ1n) is 6.25. The molecule has 0 unspecified atom stereocenters. The van der Waals surface area contributed by atoms with Crippen molar-refractivity contribution in [3.05, 3.63) is 29.8 Å². The molecule has 0 spiro atoms. The highest BCUT2D eigenvalue weighted by atomic mass is 16.5. The van der Waals surface area contributed by atoms with Crippen molar-refractivity contribution in [1.82, 2.24) is 0 Å². The Kier molecular flexibility index (Phi) is 4.46. The number of aliphatic hydroxyl groups excluding tert-OH is 1. The summed E-state index contributed by atoms with van der Waals surface area (Å²) in [5.74, 6) is 6.42. The maximum absolute atomic E-state index is 8.60. The van der Waals surface area contributed by atoms with Crippen LogP contribution in [0.3, 0.4) is 0 Å². The Bertz CT molecular complexity index is 391. The quantitative estimate of drug-likeness (QED) is 0.792. The van der Waals surface area contributed by atoms with Gasteiger partial charge in [-0.15, -0.1) is 0 Å². The molecule has 0 aliphatic heterocycles. The van der Waals surface area contributed by atoms with Crippen LogP contribution in [0.25, 0.3) is 0 Å². The van der Waals surface area contributed by atoms with Crippen molar-refractivity contribution in [3.63, 3.8) is 0 Å². The Labute approximate surface area is 103 Å². The van der Waals surface area contributed by atoms with Crippen LogP contribution in [0.1, 0.15) is 37.7 Å². The molecule has 1 fully saturated rings. The van der Waals surface area contributed by atoms with Gasteiger partial charge in [-0.3, -0.25) is 0 Å². The van der Waals surface area contributed by atoms with Gasteiger partial charge in [-0.1, -0.05) is 18.3 Å². The molecule has 0 atom stereocenters. The second-order valence-corrected chi connectivity index (χ2v) is 4.36. The molecule has 0 aromatic heterocycles. The van der Waals surface area contributed by atoms with Crippen LogP contribution in [-0.4, -0.2) is 17.8 Å². The van der Waals surface area contributed by atoms with Crippen molar-refractivity contribution < 1.29 is 9.84 Å². The van der Waals surface area contributed by atoms with E-state index in [-0.39, 0.29) is 6.61 Å². The number of benzene rings is 1. The third kappa shape index (κ3) is 3.80. The second-order valence-electron chi connectivity index (χ2n) is 4.36. The fourth-order valence-corrected chi connectivity index (χ4v) is 2.13. The maximum atomic E-state index is 8.60. The molecule has 90 valence electrons. The summed E-state index contributed by atoms with van der Waals surface area (Å²) in [5, 5.41) is 8.60. The Morgan fingerprint density at radius 1 is 1.12 bits per heavy atom. The molecule has 1 aromatic carbocycles. The summed E-state index contributed by atoms with van der Waals surface area (Å²) >= 11 is 0. The van der Waals surface area contributed by atoms with Crippen molar-refractivity contribution in [1.29, 1.82) is 0 Å². The molecule has 0 heterocycles. The Morgan fingerprint density at radius 2 is 1.82 bits per heavy atom. The molecule has 1 saturated carbocycles. The zero-order valence-electron chi connectivity index (χ0n) is 9.98. The van der Waals surface area contributed by atoms with Gasteiger partial charge in [0.1, 0.15) is 12.4 Å². The van der Waals surface area contributed by atoms with Gasteiger partial charge in [0.15, 0.2) is 0 Å². The SMILES string of the molecule is OCC#Cc1ccc(OC2CCCCC2)cc1. The van der Waals surface area contributed by atoms with E-state index in [0.717, 1.165) is 11.3 Å². The summed E-state index contributed by atoms with van der Waals surface area (Å²) in [4.78, 5) is 0. The topological polar surface area (TPSA) is 29.5 Å². The van der Waals surface area contributed by atoms with Crippen LogP contribution < -0.4 is 4.74 Å². The average molecular weight is 230 g/mol. The number of hydrogen-bond donors (Lipinski definition) is 1. The van der Waals surface area contributed by atoms with Crippen molar-refractivity contribution in [2.45, 2.75) is 38.2 Å². The van der Waals surface area contributed by atoms with Gasteiger partial charge in [0.05, 0.1) is 6.10 Å². The molecule has 1 aliphatic rings. The first-order chi connectivity index (χ1) is 8.38. The predicted octanol–water partition coefficient (Wildman–Crippen LogP) is 2.74. The fourth-order valence-electron chi connectivity index (χ4n) is 2.13. The smallest absolute Gasteiger partial charge is 0.119 e. The molecule has 2 nitrogen and oxygen atoms in total. The lowest BCUT2D eigenvalue weighted by molar-refractivity contribution is 0.155. The molecule has 17 heavy (non-hydrogen) atoms. The molecule has 0 saturated heterocycles. The fraction of sp³-hybridized carbons (Fsp3) is 0.467. The van der Waals surface area contributed by atoms with Gasteiger partial charge in [-0.05, 0) is 49.9 Å². The van der Waals surface area contributed by atoms with Crippen molar-refractivity contribution in [3.8, 4) is 17.6 Å². The molecule has 0 amide bonds. The van der Waals surface area contributed by atoms with Gasteiger partial charge in [0.25, 0.3) is 0 Å². The summed E-state index contributed by atoms with van der Waals surface area (Å²) in [6.45, 7) is -0.0969. The highest BCUT2D eigenvalue weighted by molar-refractivity contribution is 5.38. The minimum atomic E-state index is -0.0969. The maximum Gasteiger partial charge on any atom is 0.119 e. The first kappa shape index (κ1) is 12.0. The standard InChI is InChI=1S/C15H18O2/c16-12-4-5-13-8-10-15(11-9-13)17-14-6-2-1-3-7-14/h8-11,14,16H,1-3,6-7,12H2. The van der Waals surface area contributed by atoms with Gasteiger partial charge in [0.2, 0.25) is 0 Å². The first-order valence-corrected chi connectivity index (χ1v) is 6.25. The van der Waals surface area contributed by atoms with Gasteiger partial charge in [-0.25, -0.2) is 0 Å². The van der Waals surface area contributed by atoms with Crippen LogP contribution in [0, 0.1) is 11.8 Å². The minimum Gasteiger partial charge on any atom is -0.490 e. The summed E-state index contributed by atoms with van der Waals surface area (Å²) in [5.41, 5.74) is 0.912. The summed E-state index contributed by atoms with van der Waals surface area (Å²) < 4.78 is 5.92. The molecular formula is C15H18O2. The summed E-state index contributed by atoms with van der Waals surface area (Å²) in [6, 6.07) is 7.77. The Hall–Kier alpha value is -1.46. The van der Waals surface area contributed by atoms with Gasteiger partial charge >= 0.3 is 0 Å². The monoisotopic (exact) mass is 230 g/mol. The zero-order chi connectivity index (χ0) is 11.9. The van der Waals surface area contributed by atoms with E-state index in [1.165, 1.54) is 32.1 Å². The van der Waals surface area contributed by atoms with E-state index in [1.54, 1.807) is 0 Å². The summed E-state index contributed by atoms with van der Waals surface area (Å²) in [7, 11) is 0. The van der Waals surface area contributed by atoms with Gasteiger partial charge in [0, 0.05) is 5.56 Å². The second kappa shape index (κ2) is 6.32. The molecule has 1 N–H and O–H groups in total. The Morgan fingerprint density at radius 3 is 2.47 bits per heavy atom. The van der Waals surface area contributed by atoms with Crippen molar-refractivity contribution >= 4 is 0 Å². The van der Waals surface area contributed by atoms with E-state index in [9.17, 15) is 0 Å². The largest absolute Gasteiger partial charge is 0.490 e. The number of aliphatic hydroxyl groups is 1. The lowest BCUT2D eigenvalue weighted by Crippen LogP contribution is -2.19. The van der Waals surface area contributed by atoms with Crippen molar-refractivity contribution in [2.24, 2.45) is 0 Å². The van der Waals surface area contributed by atoms with Crippen LogP contribution in [-0.2, 0) is 0 Å². The third-order valence-corrected chi connectivity index (χ3v) is 3.02. The van der Waals surface area contributed by atoms with Crippen LogP contribution in [0.4, 0.5) is 0 Å². The Balaban J connectivity index is 1.93. The van der Waals surface area contributed by atoms with E-state index in [1.807, 2.05) is 24.3 Å². The number of ether oxygens (including phenoxy) is 1. The minimum absolute atomic E-state index is 0.0969. The molecule has 1 aliphatic carbocycles. The normalized spacial score (nSPS) is 16.1. The van der Waals surface area contributed by atoms with Crippen LogP contribution in [0.5, 0.6) is 5.75 Å². The lowest BCUT2D eigenvalue weighted by Gasteiger charge is -2.22. The third-order valence-electron chi connectivity index (χ3n) is 3.02. The molecule has 1 aromatic rings. The molecule has 0 radical (unpaired) electrons. The van der Waals surface area contributed by atoms with Crippen LogP contribution in [0.15, 0.2) is 24.3 Å². The van der Waals surface area contributed by atoms with E-state index < -0.39 is 0 Å². The predicted molar refractivity (Wildman–Crippen MR) is 67.9 cm³/mol. The van der Waals surface area contributed by atoms with E-state index in [2.05, 4.69) is 11.8 Å². The van der Waals surface area contributed by atoms with Gasteiger partial charge in [-0.2, -0.15) is 0 Å². The molecule has 2 heteroatoms. The van der Waals surface area contributed by atoms with Crippen LogP contribution >= 0.6 is 0 Å². The van der Waals surface area contributed by atoms with E-state index >= 15 is 0 Å². The molecule has 2 rings (SSSR count). The van der Waals surface area contributed by atoms with Gasteiger partial charge < -0.3 is 9.84 Å². The lowest BCUT2D eigenvalue weighted by atomic mass is 9.98.